The van der Waals surface area contributed by atoms with E-state index in [0.717, 1.165) is 34.0 Å². The summed E-state index contributed by atoms with van der Waals surface area (Å²) in [6.07, 6.45) is 14.2. The van der Waals surface area contributed by atoms with E-state index >= 15 is 0 Å². The summed E-state index contributed by atoms with van der Waals surface area (Å²) in [5, 5.41) is 3.67. The largest absolute Gasteiger partial charge is 0.103 e. The first kappa shape index (κ1) is 21.1. The van der Waals surface area contributed by atoms with E-state index in [1.54, 1.807) is 0 Å². The van der Waals surface area contributed by atoms with Crippen molar-refractivity contribution in [2.24, 2.45) is 0 Å². The van der Waals surface area contributed by atoms with Crippen LogP contribution in [0.3, 0.4) is 0 Å². The van der Waals surface area contributed by atoms with Gasteiger partial charge in [-0.3, -0.25) is 0 Å². The van der Waals surface area contributed by atoms with Crippen LogP contribution in [0.4, 0.5) is 0 Å². The van der Waals surface area contributed by atoms with Gasteiger partial charge in [0, 0.05) is 21.2 Å². The van der Waals surface area contributed by atoms with E-state index in [2.05, 4.69) is 66.6 Å². The van der Waals surface area contributed by atoms with Gasteiger partial charge in [0.15, 0.2) is 0 Å². The molecule has 0 aromatic carbocycles. The van der Waals surface area contributed by atoms with E-state index in [0.29, 0.717) is 0 Å². The summed E-state index contributed by atoms with van der Waals surface area (Å²) in [6, 6.07) is 0. The zero-order valence-corrected chi connectivity index (χ0v) is 17.2. The predicted octanol–water partition coefficient (Wildman–Crippen LogP) is 7.39. The molecule has 0 spiro atoms. The first-order valence-corrected chi connectivity index (χ1v) is 12.0. The van der Waals surface area contributed by atoms with Crippen LogP contribution in [0, 0.1) is 0 Å². The maximum absolute atomic E-state index is 3.78. The molecule has 0 aliphatic heterocycles. The SMILES string of the molecule is C=CCCCCC(CBr)SSC(CBr)CCCCC=C. The van der Waals surface area contributed by atoms with Crippen molar-refractivity contribution in [2.45, 2.75) is 61.9 Å². The van der Waals surface area contributed by atoms with Gasteiger partial charge in [0.25, 0.3) is 0 Å². The fourth-order valence-corrected chi connectivity index (χ4v) is 7.14. The van der Waals surface area contributed by atoms with Crippen LogP contribution in [0.5, 0.6) is 0 Å². The zero-order chi connectivity index (χ0) is 15.1. The lowest BCUT2D eigenvalue weighted by atomic mass is 10.1. The Balaban J connectivity index is 3.74. The highest BCUT2D eigenvalue weighted by Crippen LogP contribution is 2.37. The molecule has 20 heavy (non-hydrogen) atoms. The number of hydrogen-bond donors (Lipinski definition) is 0. The fourth-order valence-electron chi connectivity index (χ4n) is 1.78. The number of allylic oxidation sites excluding steroid dienone is 2. The van der Waals surface area contributed by atoms with Gasteiger partial charge in [0.05, 0.1) is 0 Å². The Hall–Kier alpha value is 1.14. The molecule has 0 saturated carbocycles. The minimum atomic E-state index is 0.736. The molecule has 2 atom stereocenters. The second-order valence-electron chi connectivity index (χ2n) is 4.89. The molecule has 0 nitrogen and oxygen atoms in total. The van der Waals surface area contributed by atoms with Gasteiger partial charge in [-0.2, -0.15) is 0 Å². The second kappa shape index (κ2) is 16.5. The summed E-state index contributed by atoms with van der Waals surface area (Å²) in [5.74, 6) is 0. The van der Waals surface area contributed by atoms with Crippen molar-refractivity contribution in [3.63, 3.8) is 0 Å². The monoisotopic (exact) mass is 442 g/mol. The molecule has 0 radical (unpaired) electrons. The van der Waals surface area contributed by atoms with E-state index < -0.39 is 0 Å². The number of halogens is 2. The molecular formula is C16H28Br2S2. The first-order valence-electron chi connectivity index (χ1n) is 7.44. The lowest BCUT2D eigenvalue weighted by Crippen LogP contribution is -2.07. The highest BCUT2D eigenvalue weighted by Gasteiger charge is 2.13. The Morgan fingerprint density at radius 3 is 1.45 bits per heavy atom. The number of rotatable bonds is 15. The summed E-state index contributed by atoms with van der Waals surface area (Å²) in [4.78, 5) is 0. The maximum Gasteiger partial charge on any atom is 0.0248 e. The molecule has 0 rings (SSSR count). The summed E-state index contributed by atoms with van der Waals surface area (Å²) in [7, 11) is 4.14. The van der Waals surface area contributed by atoms with Gasteiger partial charge in [-0.15, -0.1) is 13.2 Å². The topological polar surface area (TPSA) is 0 Å². The standard InChI is InChI=1S/C16H28Br2S2/c1-3-5-7-9-11-15(13-17)19-20-16(14-18)12-10-8-6-4-2/h3-4,15-16H,1-2,5-14H2. The molecule has 118 valence electrons. The van der Waals surface area contributed by atoms with Crippen molar-refractivity contribution in [1.29, 1.82) is 0 Å². The van der Waals surface area contributed by atoms with E-state index in [1.165, 1.54) is 38.5 Å². The molecule has 0 aliphatic carbocycles. The van der Waals surface area contributed by atoms with Gasteiger partial charge in [-0.25, -0.2) is 0 Å². The molecule has 0 aromatic heterocycles. The molecule has 0 saturated heterocycles. The average Bonchev–Trinajstić information content (AvgIpc) is 2.48. The lowest BCUT2D eigenvalue weighted by molar-refractivity contribution is 0.688. The Labute approximate surface area is 150 Å². The normalized spacial score (nSPS) is 13.9. The van der Waals surface area contributed by atoms with E-state index in [4.69, 9.17) is 0 Å². The van der Waals surface area contributed by atoms with Crippen molar-refractivity contribution in [3.05, 3.63) is 25.3 Å². The second-order valence-corrected chi connectivity index (χ2v) is 9.06. The van der Waals surface area contributed by atoms with Crippen LogP contribution in [0.2, 0.25) is 0 Å². The number of alkyl halides is 2. The molecule has 0 fully saturated rings. The molecule has 0 aromatic rings. The summed E-state index contributed by atoms with van der Waals surface area (Å²) in [6.45, 7) is 7.56. The van der Waals surface area contributed by atoms with Crippen molar-refractivity contribution in [3.8, 4) is 0 Å². The van der Waals surface area contributed by atoms with Crippen molar-refractivity contribution in [2.75, 3.05) is 10.7 Å². The van der Waals surface area contributed by atoms with Crippen LogP contribution in [-0.2, 0) is 0 Å². The molecule has 0 heterocycles. The van der Waals surface area contributed by atoms with Gasteiger partial charge in [0.2, 0.25) is 0 Å². The van der Waals surface area contributed by atoms with Crippen LogP contribution >= 0.6 is 53.4 Å². The zero-order valence-electron chi connectivity index (χ0n) is 12.4. The quantitative estimate of drug-likeness (QED) is 0.112. The van der Waals surface area contributed by atoms with E-state index in [1.807, 2.05) is 12.2 Å². The van der Waals surface area contributed by atoms with Crippen LogP contribution < -0.4 is 0 Å². The Morgan fingerprint density at radius 2 is 1.15 bits per heavy atom. The highest BCUT2D eigenvalue weighted by molar-refractivity contribution is 9.09. The van der Waals surface area contributed by atoms with Crippen LogP contribution in [0.25, 0.3) is 0 Å². The molecule has 0 N–H and O–H groups in total. The predicted molar refractivity (Wildman–Crippen MR) is 108 cm³/mol. The smallest absolute Gasteiger partial charge is 0.0248 e. The minimum absolute atomic E-state index is 0.736. The van der Waals surface area contributed by atoms with Crippen molar-refractivity contribution >= 4 is 53.4 Å². The van der Waals surface area contributed by atoms with Gasteiger partial charge < -0.3 is 0 Å². The molecule has 2 unspecified atom stereocenters. The van der Waals surface area contributed by atoms with Crippen LogP contribution in [0.1, 0.15) is 51.4 Å². The summed E-state index contributed by atoms with van der Waals surface area (Å²) < 4.78 is 0. The molecule has 0 amide bonds. The Kier molecular flexibility index (Phi) is 17.5. The molecule has 0 bridgehead atoms. The molecule has 4 heteroatoms. The third kappa shape index (κ3) is 12.8. The van der Waals surface area contributed by atoms with Gasteiger partial charge >= 0.3 is 0 Å². The van der Waals surface area contributed by atoms with Gasteiger partial charge in [0.1, 0.15) is 0 Å². The van der Waals surface area contributed by atoms with Crippen LogP contribution in [-0.4, -0.2) is 21.2 Å². The van der Waals surface area contributed by atoms with E-state index in [-0.39, 0.29) is 0 Å². The first-order chi connectivity index (χ1) is 9.78. The molecule has 0 aliphatic rings. The fraction of sp³-hybridized carbons (Fsp3) is 0.750. The highest BCUT2D eigenvalue weighted by atomic mass is 79.9. The lowest BCUT2D eigenvalue weighted by Gasteiger charge is -2.17. The maximum atomic E-state index is 3.78. The Morgan fingerprint density at radius 1 is 0.750 bits per heavy atom. The summed E-state index contributed by atoms with van der Waals surface area (Å²) in [5.41, 5.74) is 0. The van der Waals surface area contributed by atoms with Gasteiger partial charge in [-0.05, 0) is 38.5 Å². The van der Waals surface area contributed by atoms with E-state index in [9.17, 15) is 0 Å². The number of unbranched alkanes of at least 4 members (excludes halogenated alkanes) is 4. The summed E-state index contributed by atoms with van der Waals surface area (Å²) >= 11 is 7.31. The van der Waals surface area contributed by atoms with Gasteiger partial charge in [-0.1, -0.05) is 78.4 Å². The third-order valence-electron chi connectivity index (χ3n) is 3.04. The van der Waals surface area contributed by atoms with Crippen LogP contribution in [0.15, 0.2) is 25.3 Å². The number of hydrogen-bond acceptors (Lipinski definition) is 2. The average molecular weight is 444 g/mol. The van der Waals surface area contributed by atoms with Crippen molar-refractivity contribution in [1.82, 2.24) is 0 Å². The van der Waals surface area contributed by atoms with Crippen molar-refractivity contribution < 1.29 is 0 Å². The molecular weight excluding hydrogens is 416 g/mol. The third-order valence-corrected chi connectivity index (χ3v) is 8.89. The Bertz CT molecular complexity index is 211. The minimum Gasteiger partial charge on any atom is -0.103 e.